The largest absolute Gasteiger partial charge is 0.344 e. The van der Waals surface area contributed by atoms with Crippen LogP contribution in [-0.2, 0) is 6.54 Å². The third kappa shape index (κ3) is 4.85. The van der Waals surface area contributed by atoms with Gasteiger partial charge in [0.1, 0.15) is 0 Å². The second-order valence-corrected chi connectivity index (χ2v) is 9.15. The Balaban J connectivity index is 1.34. The predicted octanol–water partition coefficient (Wildman–Crippen LogP) is 3.05. The number of aryl methyl sites for hydroxylation is 1. The second kappa shape index (κ2) is 9.46. The van der Waals surface area contributed by atoms with E-state index in [9.17, 15) is 4.79 Å². The molecule has 0 bridgehead atoms. The lowest BCUT2D eigenvalue weighted by Crippen LogP contribution is -2.55. The van der Waals surface area contributed by atoms with E-state index in [-0.39, 0.29) is 5.78 Å². The van der Waals surface area contributed by atoms with E-state index in [1.54, 1.807) is 0 Å². The summed E-state index contributed by atoms with van der Waals surface area (Å²) >= 11 is 0. The number of ketones is 1. The van der Waals surface area contributed by atoms with E-state index in [1.807, 2.05) is 6.07 Å². The van der Waals surface area contributed by atoms with Gasteiger partial charge in [0.25, 0.3) is 0 Å². The first-order valence-corrected chi connectivity index (χ1v) is 11.4. The average molecular weight is 409 g/mol. The zero-order chi connectivity index (χ0) is 21.1. The minimum absolute atomic E-state index is 0.258. The average Bonchev–Trinajstić information content (AvgIpc) is 3.03. The molecule has 0 spiro atoms. The standard InChI is InChI=1S/C25H36N4O/c1-20-16-24(21(2)29(20)17-22-8-5-4-6-9-22)25(30)19-27-12-14-28(15-13-27)23-10-7-11-26(3)18-23/h4-6,8-9,16,23H,7,10-15,17-19H2,1-3H3. The molecule has 2 aromatic rings. The molecule has 5 heteroatoms. The van der Waals surface area contributed by atoms with Crippen molar-refractivity contribution in [2.75, 3.05) is 52.9 Å². The van der Waals surface area contributed by atoms with Gasteiger partial charge in [-0.3, -0.25) is 14.6 Å². The van der Waals surface area contributed by atoms with Gasteiger partial charge in [0.15, 0.2) is 5.78 Å². The number of piperidine rings is 1. The maximum Gasteiger partial charge on any atom is 0.178 e. The van der Waals surface area contributed by atoms with Crippen LogP contribution in [0, 0.1) is 13.8 Å². The molecule has 4 rings (SSSR count). The molecule has 1 atom stereocenters. The minimum Gasteiger partial charge on any atom is -0.344 e. The van der Waals surface area contributed by atoms with Crippen LogP contribution in [0.1, 0.15) is 40.2 Å². The number of piperazine rings is 1. The van der Waals surface area contributed by atoms with Crippen molar-refractivity contribution < 1.29 is 4.79 Å². The normalized spacial score (nSPS) is 21.8. The number of hydrogen-bond donors (Lipinski definition) is 0. The van der Waals surface area contributed by atoms with E-state index >= 15 is 0 Å². The quantitative estimate of drug-likeness (QED) is 0.688. The highest BCUT2D eigenvalue weighted by Gasteiger charge is 2.28. The number of nitrogens with zero attached hydrogens (tertiary/aromatic N) is 4. The highest BCUT2D eigenvalue weighted by atomic mass is 16.1. The molecule has 0 aliphatic carbocycles. The molecule has 162 valence electrons. The molecule has 1 unspecified atom stereocenters. The maximum absolute atomic E-state index is 13.1. The van der Waals surface area contributed by atoms with Crippen LogP contribution in [-0.4, -0.2) is 84.0 Å². The predicted molar refractivity (Wildman–Crippen MR) is 122 cm³/mol. The number of hydrogen-bond acceptors (Lipinski definition) is 4. The van der Waals surface area contributed by atoms with Crippen LogP contribution >= 0.6 is 0 Å². The SMILES string of the molecule is Cc1cc(C(=O)CN2CCN(C3CCCN(C)C3)CC2)c(C)n1Cc1ccccc1. The Morgan fingerprint density at radius 2 is 1.77 bits per heavy atom. The van der Waals surface area contributed by atoms with Crippen molar-refractivity contribution in [3.05, 3.63) is 58.9 Å². The molecule has 3 heterocycles. The van der Waals surface area contributed by atoms with Crippen molar-refractivity contribution in [1.29, 1.82) is 0 Å². The molecule has 30 heavy (non-hydrogen) atoms. The number of rotatable bonds is 6. The molecular weight excluding hydrogens is 372 g/mol. The molecule has 2 aliphatic rings. The fourth-order valence-electron chi connectivity index (χ4n) is 5.10. The van der Waals surface area contributed by atoms with Gasteiger partial charge in [-0.15, -0.1) is 0 Å². The summed E-state index contributed by atoms with van der Waals surface area (Å²) in [6, 6.07) is 13.2. The summed E-state index contributed by atoms with van der Waals surface area (Å²) in [6.45, 7) is 12.1. The summed E-state index contributed by atoms with van der Waals surface area (Å²) < 4.78 is 2.26. The summed E-state index contributed by atoms with van der Waals surface area (Å²) in [5.41, 5.74) is 4.40. The summed E-state index contributed by atoms with van der Waals surface area (Å²) in [7, 11) is 2.23. The maximum atomic E-state index is 13.1. The molecule has 2 aliphatic heterocycles. The Bertz CT molecular complexity index is 852. The van der Waals surface area contributed by atoms with Gasteiger partial charge in [0.05, 0.1) is 6.54 Å². The molecule has 0 N–H and O–H groups in total. The van der Waals surface area contributed by atoms with Gasteiger partial charge in [0, 0.05) is 62.3 Å². The molecule has 1 aromatic heterocycles. The number of Topliss-reactive ketones (excluding diaryl/α,β-unsaturated/α-hetero) is 1. The van der Waals surface area contributed by atoms with Crippen molar-refractivity contribution in [3.8, 4) is 0 Å². The number of aromatic nitrogens is 1. The lowest BCUT2D eigenvalue weighted by molar-refractivity contribution is 0.0561. The van der Waals surface area contributed by atoms with Gasteiger partial charge in [-0.2, -0.15) is 0 Å². The van der Waals surface area contributed by atoms with Crippen molar-refractivity contribution in [2.45, 2.75) is 39.3 Å². The Morgan fingerprint density at radius 3 is 2.47 bits per heavy atom. The third-order valence-corrected chi connectivity index (χ3v) is 6.95. The van der Waals surface area contributed by atoms with Crippen molar-refractivity contribution in [3.63, 3.8) is 0 Å². The highest BCUT2D eigenvalue weighted by Crippen LogP contribution is 2.20. The van der Waals surface area contributed by atoms with Crippen molar-refractivity contribution in [2.24, 2.45) is 0 Å². The van der Waals surface area contributed by atoms with Gasteiger partial charge in [0.2, 0.25) is 0 Å². The zero-order valence-corrected chi connectivity index (χ0v) is 18.8. The summed E-state index contributed by atoms with van der Waals surface area (Å²) in [4.78, 5) is 20.5. The van der Waals surface area contributed by atoms with E-state index in [1.165, 1.54) is 31.5 Å². The van der Waals surface area contributed by atoms with Gasteiger partial charge in [-0.1, -0.05) is 30.3 Å². The molecular formula is C25H36N4O. The summed E-state index contributed by atoms with van der Waals surface area (Å²) in [6.07, 6.45) is 2.62. The van der Waals surface area contributed by atoms with E-state index in [0.717, 1.165) is 49.7 Å². The van der Waals surface area contributed by atoms with E-state index < -0.39 is 0 Å². The molecule has 0 radical (unpaired) electrons. The Kier molecular flexibility index (Phi) is 6.71. The van der Waals surface area contributed by atoms with Gasteiger partial charge in [-0.05, 0) is 51.9 Å². The first-order chi connectivity index (χ1) is 14.5. The van der Waals surface area contributed by atoms with Crippen molar-refractivity contribution in [1.82, 2.24) is 19.3 Å². The number of carbonyl (C=O) groups excluding carboxylic acids is 1. The molecule has 0 saturated carbocycles. The molecule has 5 nitrogen and oxygen atoms in total. The number of likely N-dealkylation sites (tertiary alicyclic amines) is 1. The van der Waals surface area contributed by atoms with Crippen LogP contribution in [0.3, 0.4) is 0 Å². The number of benzene rings is 1. The van der Waals surface area contributed by atoms with Crippen LogP contribution < -0.4 is 0 Å². The van der Waals surface area contributed by atoms with E-state index in [0.29, 0.717) is 12.6 Å². The molecule has 1 aromatic carbocycles. The lowest BCUT2D eigenvalue weighted by atomic mass is 10.0. The third-order valence-electron chi connectivity index (χ3n) is 6.95. The number of carbonyl (C=O) groups is 1. The van der Waals surface area contributed by atoms with Crippen LogP contribution in [0.15, 0.2) is 36.4 Å². The van der Waals surface area contributed by atoms with Gasteiger partial charge < -0.3 is 9.47 Å². The highest BCUT2D eigenvalue weighted by molar-refractivity contribution is 5.99. The first kappa shape index (κ1) is 21.3. The smallest absolute Gasteiger partial charge is 0.178 e. The molecule has 2 fully saturated rings. The second-order valence-electron chi connectivity index (χ2n) is 9.15. The fourth-order valence-corrected chi connectivity index (χ4v) is 5.10. The van der Waals surface area contributed by atoms with E-state index in [2.05, 4.69) is 70.5 Å². The summed E-state index contributed by atoms with van der Waals surface area (Å²) in [5.74, 6) is 0.258. The van der Waals surface area contributed by atoms with E-state index in [4.69, 9.17) is 0 Å². The van der Waals surface area contributed by atoms with Crippen LogP contribution in [0.4, 0.5) is 0 Å². The molecule has 0 amide bonds. The zero-order valence-electron chi connectivity index (χ0n) is 18.8. The monoisotopic (exact) mass is 408 g/mol. The fraction of sp³-hybridized carbons (Fsp3) is 0.560. The van der Waals surface area contributed by atoms with Crippen LogP contribution in [0.25, 0.3) is 0 Å². The summed E-state index contributed by atoms with van der Waals surface area (Å²) in [5, 5.41) is 0. The molecule has 2 saturated heterocycles. The van der Waals surface area contributed by atoms with Crippen LogP contribution in [0.2, 0.25) is 0 Å². The number of likely N-dealkylation sites (N-methyl/N-ethyl adjacent to an activating group) is 1. The van der Waals surface area contributed by atoms with Crippen molar-refractivity contribution >= 4 is 5.78 Å². The van der Waals surface area contributed by atoms with Gasteiger partial charge >= 0.3 is 0 Å². The Morgan fingerprint density at radius 1 is 1.03 bits per heavy atom. The topological polar surface area (TPSA) is 31.7 Å². The first-order valence-electron chi connectivity index (χ1n) is 11.4. The Hall–Kier alpha value is -1.95. The Labute approximate surface area is 181 Å². The minimum atomic E-state index is 0.258. The lowest BCUT2D eigenvalue weighted by Gasteiger charge is -2.42. The van der Waals surface area contributed by atoms with Crippen LogP contribution in [0.5, 0.6) is 0 Å². The van der Waals surface area contributed by atoms with Gasteiger partial charge in [-0.25, -0.2) is 0 Å².